The zero-order valence-electron chi connectivity index (χ0n) is 11.3. The van der Waals surface area contributed by atoms with Gasteiger partial charge in [-0.25, -0.2) is 13.2 Å². The van der Waals surface area contributed by atoms with Crippen LogP contribution in [-0.2, 0) is 14.8 Å². The summed E-state index contributed by atoms with van der Waals surface area (Å²) in [7, 11) is -2.35. The Morgan fingerprint density at radius 1 is 1.45 bits per heavy atom. The van der Waals surface area contributed by atoms with Gasteiger partial charge in [-0.05, 0) is 32.0 Å². The SMILES string of the molecule is COC(C)(C)CS(=O)(=O)Nc1ccc(Cl)cc1C(=O)O. The van der Waals surface area contributed by atoms with Crippen LogP contribution in [0.5, 0.6) is 0 Å². The molecule has 20 heavy (non-hydrogen) atoms. The monoisotopic (exact) mass is 321 g/mol. The molecular formula is C12H16ClNO5S. The van der Waals surface area contributed by atoms with E-state index < -0.39 is 21.6 Å². The lowest BCUT2D eigenvalue weighted by Crippen LogP contribution is -2.35. The largest absolute Gasteiger partial charge is 0.478 e. The molecule has 0 fully saturated rings. The summed E-state index contributed by atoms with van der Waals surface area (Å²) in [5, 5.41) is 9.26. The van der Waals surface area contributed by atoms with E-state index >= 15 is 0 Å². The van der Waals surface area contributed by atoms with E-state index in [9.17, 15) is 13.2 Å². The molecule has 0 aliphatic heterocycles. The van der Waals surface area contributed by atoms with Crippen LogP contribution < -0.4 is 4.72 Å². The zero-order chi connectivity index (χ0) is 15.6. The highest BCUT2D eigenvalue weighted by Crippen LogP contribution is 2.23. The van der Waals surface area contributed by atoms with E-state index in [-0.39, 0.29) is 22.0 Å². The van der Waals surface area contributed by atoms with Crippen molar-refractivity contribution in [3.63, 3.8) is 0 Å². The van der Waals surface area contributed by atoms with Gasteiger partial charge in [-0.15, -0.1) is 0 Å². The standard InChI is InChI=1S/C12H16ClNO5S/c1-12(2,19-3)7-20(17,18)14-10-5-4-8(13)6-9(10)11(15)16/h4-6,14H,7H2,1-3H3,(H,15,16). The first kappa shape index (κ1) is 16.7. The maximum atomic E-state index is 12.0. The van der Waals surface area contributed by atoms with Gasteiger partial charge in [0, 0.05) is 12.1 Å². The van der Waals surface area contributed by atoms with Crippen molar-refractivity contribution >= 4 is 33.3 Å². The predicted molar refractivity (Wildman–Crippen MR) is 76.9 cm³/mol. The number of carbonyl (C=O) groups is 1. The molecule has 0 saturated heterocycles. The van der Waals surface area contributed by atoms with Crippen LogP contribution in [-0.4, -0.2) is 38.0 Å². The summed E-state index contributed by atoms with van der Waals surface area (Å²) < 4.78 is 31.3. The zero-order valence-corrected chi connectivity index (χ0v) is 12.9. The van der Waals surface area contributed by atoms with Crippen molar-refractivity contribution in [2.45, 2.75) is 19.4 Å². The van der Waals surface area contributed by atoms with Gasteiger partial charge in [0.05, 0.1) is 22.6 Å². The highest BCUT2D eigenvalue weighted by atomic mass is 35.5. The number of hydrogen-bond acceptors (Lipinski definition) is 4. The van der Waals surface area contributed by atoms with Crippen LogP contribution in [0.25, 0.3) is 0 Å². The molecule has 1 aromatic rings. The highest BCUT2D eigenvalue weighted by Gasteiger charge is 2.27. The highest BCUT2D eigenvalue weighted by molar-refractivity contribution is 7.92. The number of nitrogens with one attached hydrogen (secondary N) is 1. The van der Waals surface area contributed by atoms with Gasteiger partial charge in [-0.3, -0.25) is 4.72 Å². The van der Waals surface area contributed by atoms with E-state index in [2.05, 4.69) is 4.72 Å². The van der Waals surface area contributed by atoms with E-state index in [1.54, 1.807) is 13.8 Å². The van der Waals surface area contributed by atoms with Crippen LogP contribution >= 0.6 is 11.6 Å². The Morgan fingerprint density at radius 3 is 2.55 bits per heavy atom. The first-order chi connectivity index (χ1) is 9.06. The molecule has 112 valence electrons. The first-order valence-corrected chi connectivity index (χ1v) is 7.68. The molecule has 0 spiro atoms. The minimum absolute atomic E-state index is 0.0335. The third-order valence-corrected chi connectivity index (χ3v) is 4.41. The second-order valence-electron chi connectivity index (χ2n) is 4.82. The number of carboxylic acid groups (broad SMARTS) is 1. The number of ether oxygens (including phenoxy) is 1. The van der Waals surface area contributed by atoms with Gasteiger partial charge in [-0.2, -0.15) is 0 Å². The molecule has 6 nitrogen and oxygen atoms in total. The Hall–Kier alpha value is -1.31. The lowest BCUT2D eigenvalue weighted by molar-refractivity contribution is 0.0426. The molecule has 1 aromatic carbocycles. The summed E-state index contributed by atoms with van der Waals surface area (Å²) in [5.74, 6) is -1.57. The molecule has 0 saturated carbocycles. The maximum absolute atomic E-state index is 12.0. The lowest BCUT2D eigenvalue weighted by Gasteiger charge is -2.23. The average Bonchev–Trinajstić information content (AvgIpc) is 2.29. The number of aromatic carboxylic acids is 1. The van der Waals surface area contributed by atoms with Gasteiger partial charge >= 0.3 is 5.97 Å². The Morgan fingerprint density at radius 2 is 2.05 bits per heavy atom. The van der Waals surface area contributed by atoms with Crippen LogP contribution in [0, 0.1) is 0 Å². The molecule has 0 radical (unpaired) electrons. The number of sulfonamides is 1. The number of benzene rings is 1. The molecule has 0 unspecified atom stereocenters. The Balaban J connectivity index is 3.07. The van der Waals surface area contributed by atoms with Gasteiger partial charge in [0.15, 0.2) is 0 Å². The minimum Gasteiger partial charge on any atom is -0.478 e. The van der Waals surface area contributed by atoms with Crippen molar-refractivity contribution in [1.82, 2.24) is 0 Å². The Bertz CT molecular complexity index is 612. The second-order valence-corrected chi connectivity index (χ2v) is 6.98. The van der Waals surface area contributed by atoms with Gasteiger partial charge in [0.1, 0.15) is 0 Å². The number of carboxylic acids is 1. The molecule has 2 N–H and O–H groups in total. The number of halogens is 1. The third kappa shape index (κ3) is 4.66. The van der Waals surface area contributed by atoms with Gasteiger partial charge in [-0.1, -0.05) is 11.6 Å². The van der Waals surface area contributed by atoms with Crippen LogP contribution in [0.15, 0.2) is 18.2 Å². The predicted octanol–water partition coefficient (Wildman–Crippen LogP) is 2.20. The molecule has 0 atom stereocenters. The molecule has 0 bridgehead atoms. The van der Waals surface area contributed by atoms with Crippen molar-refractivity contribution < 1.29 is 23.1 Å². The fourth-order valence-corrected chi connectivity index (χ4v) is 3.29. The summed E-state index contributed by atoms with van der Waals surface area (Å²) >= 11 is 5.70. The van der Waals surface area contributed by atoms with Crippen LogP contribution in [0.4, 0.5) is 5.69 Å². The van der Waals surface area contributed by atoms with Crippen molar-refractivity contribution in [1.29, 1.82) is 0 Å². The molecule has 8 heteroatoms. The van der Waals surface area contributed by atoms with Gasteiger partial charge in [0.2, 0.25) is 10.0 Å². The maximum Gasteiger partial charge on any atom is 0.337 e. The first-order valence-electron chi connectivity index (χ1n) is 5.65. The molecule has 0 heterocycles. The van der Waals surface area contributed by atoms with E-state index in [0.717, 1.165) is 0 Å². The lowest BCUT2D eigenvalue weighted by atomic mass is 10.2. The fraction of sp³-hybridized carbons (Fsp3) is 0.417. The van der Waals surface area contributed by atoms with Gasteiger partial charge in [0.25, 0.3) is 0 Å². The van der Waals surface area contributed by atoms with Gasteiger partial charge < -0.3 is 9.84 Å². The van der Waals surface area contributed by atoms with E-state index in [4.69, 9.17) is 21.4 Å². The summed E-state index contributed by atoms with van der Waals surface area (Å²) in [5.41, 5.74) is -1.13. The van der Waals surface area contributed by atoms with Crippen LogP contribution in [0.2, 0.25) is 5.02 Å². The van der Waals surface area contributed by atoms with Crippen LogP contribution in [0.3, 0.4) is 0 Å². The fourth-order valence-electron chi connectivity index (χ4n) is 1.50. The third-order valence-electron chi connectivity index (χ3n) is 2.57. The summed E-state index contributed by atoms with van der Waals surface area (Å²) in [4.78, 5) is 11.1. The smallest absolute Gasteiger partial charge is 0.337 e. The minimum atomic E-state index is -3.75. The molecular weight excluding hydrogens is 306 g/mol. The Kier molecular flexibility index (Phi) is 5.01. The van der Waals surface area contributed by atoms with Crippen molar-refractivity contribution in [2.24, 2.45) is 0 Å². The van der Waals surface area contributed by atoms with Crippen molar-refractivity contribution in [2.75, 3.05) is 17.6 Å². The van der Waals surface area contributed by atoms with Crippen LogP contribution in [0.1, 0.15) is 24.2 Å². The number of rotatable bonds is 6. The normalized spacial score (nSPS) is 12.2. The van der Waals surface area contributed by atoms with E-state index in [1.165, 1.54) is 25.3 Å². The quantitative estimate of drug-likeness (QED) is 0.838. The number of anilines is 1. The van der Waals surface area contributed by atoms with Crippen molar-refractivity contribution in [3.8, 4) is 0 Å². The molecule has 0 amide bonds. The molecule has 1 rings (SSSR count). The summed E-state index contributed by atoms with van der Waals surface area (Å²) in [6.45, 7) is 3.23. The topological polar surface area (TPSA) is 92.7 Å². The molecule has 0 aromatic heterocycles. The number of methoxy groups -OCH3 is 1. The van der Waals surface area contributed by atoms with E-state index in [0.29, 0.717) is 0 Å². The summed E-state index contributed by atoms with van der Waals surface area (Å²) in [6.07, 6.45) is 0. The second kappa shape index (κ2) is 5.99. The molecule has 0 aliphatic rings. The summed E-state index contributed by atoms with van der Waals surface area (Å²) in [6, 6.07) is 3.90. The average molecular weight is 322 g/mol. The number of hydrogen-bond donors (Lipinski definition) is 2. The van der Waals surface area contributed by atoms with Crippen molar-refractivity contribution in [3.05, 3.63) is 28.8 Å². The molecule has 0 aliphatic carbocycles. The van der Waals surface area contributed by atoms with E-state index in [1.807, 2.05) is 0 Å². The Labute approximate surface area is 122 Å².